The minimum atomic E-state index is 0.0150. The Hall–Kier alpha value is -1.79. The zero-order chi connectivity index (χ0) is 18.2. The van der Waals surface area contributed by atoms with Gasteiger partial charge in [0.15, 0.2) is 18.1 Å². The number of para-hydroxylation sites is 2. The highest BCUT2D eigenvalue weighted by atomic mass is 16.5. The maximum atomic E-state index is 12.6. The van der Waals surface area contributed by atoms with Gasteiger partial charge < -0.3 is 19.1 Å². The molecule has 6 heteroatoms. The Morgan fingerprint density at radius 3 is 2.36 bits per heavy atom. The summed E-state index contributed by atoms with van der Waals surface area (Å²) in [4.78, 5) is 16.9. The molecule has 1 saturated heterocycles. The Bertz CT molecular complexity index is 540. The molecule has 1 aliphatic heterocycles. The van der Waals surface area contributed by atoms with E-state index in [1.54, 1.807) is 14.2 Å². The van der Waals surface area contributed by atoms with E-state index in [9.17, 15) is 4.79 Å². The number of benzene rings is 1. The summed E-state index contributed by atoms with van der Waals surface area (Å²) in [6.45, 7) is 7.59. The van der Waals surface area contributed by atoms with Crippen molar-refractivity contribution in [3.05, 3.63) is 24.3 Å². The van der Waals surface area contributed by atoms with E-state index < -0.39 is 0 Å². The molecule has 2 atom stereocenters. The first-order valence-corrected chi connectivity index (χ1v) is 8.85. The van der Waals surface area contributed by atoms with Crippen LogP contribution in [0.1, 0.15) is 20.3 Å². The minimum absolute atomic E-state index is 0.0150. The fourth-order valence-electron chi connectivity index (χ4n) is 3.36. The lowest BCUT2D eigenvalue weighted by Crippen LogP contribution is -2.58. The molecule has 140 valence electrons. The van der Waals surface area contributed by atoms with Gasteiger partial charge in [0.25, 0.3) is 5.91 Å². The number of rotatable bonds is 8. The standard InChI is InChI=1S/C19H30N2O4/c1-15-12-20(13-16(2)21(15)10-7-11-23-3)19(22)14-25-18-9-6-5-8-17(18)24-4/h5-6,8-9,15-16H,7,10-14H2,1-4H3. The van der Waals surface area contributed by atoms with Crippen LogP contribution < -0.4 is 9.47 Å². The maximum absolute atomic E-state index is 12.6. The largest absolute Gasteiger partial charge is 0.493 e. The van der Waals surface area contributed by atoms with Crippen LogP contribution in [0.4, 0.5) is 0 Å². The van der Waals surface area contributed by atoms with Crippen LogP contribution in [0.3, 0.4) is 0 Å². The summed E-state index contributed by atoms with van der Waals surface area (Å²) in [5.74, 6) is 1.25. The number of hydrogen-bond donors (Lipinski definition) is 0. The predicted molar refractivity (Wildman–Crippen MR) is 97.2 cm³/mol. The Labute approximate surface area is 150 Å². The first kappa shape index (κ1) is 19.5. The number of ether oxygens (including phenoxy) is 3. The zero-order valence-corrected chi connectivity index (χ0v) is 15.7. The van der Waals surface area contributed by atoms with Crippen LogP contribution in [0.5, 0.6) is 11.5 Å². The van der Waals surface area contributed by atoms with Gasteiger partial charge in [0.1, 0.15) is 0 Å². The Balaban J connectivity index is 1.86. The van der Waals surface area contributed by atoms with Crippen molar-refractivity contribution in [3.63, 3.8) is 0 Å². The molecule has 0 aromatic heterocycles. The highest BCUT2D eigenvalue weighted by molar-refractivity contribution is 5.78. The lowest BCUT2D eigenvalue weighted by atomic mass is 10.1. The van der Waals surface area contributed by atoms with Crippen molar-refractivity contribution in [2.24, 2.45) is 0 Å². The van der Waals surface area contributed by atoms with Gasteiger partial charge in [-0.15, -0.1) is 0 Å². The quantitative estimate of drug-likeness (QED) is 0.672. The second-order valence-electron chi connectivity index (χ2n) is 6.52. The molecule has 0 spiro atoms. The SMILES string of the molecule is COCCCN1C(C)CN(C(=O)COc2ccccc2OC)CC1C. The molecule has 1 fully saturated rings. The maximum Gasteiger partial charge on any atom is 0.260 e. The molecule has 1 aliphatic rings. The van der Waals surface area contributed by atoms with Crippen LogP contribution in [0.25, 0.3) is 0 Å². The second kappa shape index (κ2) is 9.63. The second-order valence-corrected chi connectivity index (χ2v) is 6.52. The topological polar surface area (TPSA) is 51.2 Å². The molecule has 1 aromatic rings. The molecule has 0 bridgehead atoms. The van der Waals surface area contributed by atoms with E-state index in [-0.39, 0.29) is 12.5 Å². The molecule has 1 aromatic carbocycles. The smallest absolute Gasteiger partial charge is 0.260 e. The molecular weight excluding hydrogens is 320 g/mol. The van der Waals surface area contributed by atoms with E-state index in [4.69, 9.17) is 14.2 Å². The Morgan fingerprint density at radius 2 is 1.76 bits per heavy atom. The molecule has 0 saturated carbocycles. The number of piperazine rings is 1. The van der Waals surface area contributed by atoms with E-state index in [1.165, 1.54) is 0 Å². The third-order valence-electron chi connectivity index (χ3n) is 4.64. The summed E-state index contributed by atoms with van der Waals surface area (Å²) in [6, 6.07) is 8.03. The van der Waals surface area contributed by atoms with Gasteiger partial charge in [-0.3, -0.25) is 9.69 Å². The van der Waals surface area contributed by atoms with E-state index >= 15 is 0 Å². The number of carbonyl (C=O) groups excluding carboxylic acids is 1. The van der Waals surface area contributed by atoms with Crippen LogP contribution in [-0.2, 0) is 9.53 Å². The van der Waals surface area contributed by atoms with E-state index in [0.717, 1.165) is 32.7 Å². The average Bonchev–Trinajstić information content (AvgIpc) is 2.62. The number of carbonyl (C=O) groups is 1. The van der Waals surface area contributed by atoms with Crippen molar-refractivity contribution >= 4 is 5.91 Å². The molecule has 2 unspecified atom stereocenters. The van der Waals surface area contributed by atoms with Crippen LogP contribution in [0, 0.1) is 0 Å². The lowest BCUT2D eigenvalue weighted by molar-refractivity contribution is -0.137. The highest BCUT2D eigenvalue weighted by Crippen LogP contribution is 2.26. The van der Waals surface area contributed by atoms with Crippen molar-refractivity contribution in [2.75, 3.05) is 47.1 Å². The van der Waals surface area contributed by atoms with Gasteiger partial charge in [-0.2, -0.15) is 0 Å². The minimum Gasteiger partial charge on any atom is -0.493 e. The first-order chi connectivity index (χ1) is 12.1. The predicted octanol–water partition coefficient (Wildman–Crippen LogP) is 2.03. The molecule has 0 aliphatic carbocycles. The Kier molecular flexibility index (Phi) is 7.52. The summed E-state index contributed by atoms with van der Waals surface area (Å²) >= 11 is 0. The highest BCUT2D eigenvalue weighted by Gasteiger charge is 2.31. The summed E-state index contributed by atoms with van der Waals surface area (Å²) in [6.07, 6.45) is 1.01. The molecule has 0 radical (unpaired) electrons. The van der Waals surface area contributed by atoms with Crippen molar-refractivity contribution in [1.29, 1.82) is 0 Å². The van der Waals surface area contributed by atoms with Gasteiger partial charge in [0.2, 0.25) is 0 Å². The fourth-order valence-corrected chi connectivity index (χ4v) is 3.36. The lowest BCUT2D eigenvalue weighted by Gasteiger charge is -2.44. The van der Waals surface area contributed by atoms with E-state index in [0.29, 0.717) is 23.6 Å². The van der Waals surface area contributed by atoms with Gasteiger partial charge in [-0.05, 0) is 32.4 Å². The average molecular weight is 350 g/mol. The number of methoxy groups -OCH3 is 2. The van der Waals surface area contributed by atoms with Crippen molar-refractivity contribution in [3.8, 4) is 11.5 Å². The van der Waals surface area contributed by atoms with Gasteiger partial charge in [0.05, 0.1) is 7.11 Å². The van der Waals surface area contributed by atoms with Crippen LogP contribution in [0.15, 0.2) is 24.3 Å². The van der Waals surface area contributed by atoms with Crippen LogP contribution >= 0.6 is 0 Å². The molecule has 1 heterocycles. The Morgan fingerprint density at radius 1 is 1.12 bits per heavy atom. The molecule has 25 heavy (non-hydrogen) atoms. The van der Waals surface area contributed by atoms with Gasteiger partial charge in [0, 0.05) is 45.4 Å². The van der Waals surface area contributed by atoms with Gasteiger partial charge in [-0.1, -0.05) is 12.1 Å². The molecule has 6 nitrogen and oxygen atoms in total. The van der Waals surface area contributed by atoms with Crippen LogP contribution in [-0.4, -0.2) is 74.9 Å². The van der Waals surface area contributed by atoms with Crippen molar-refractivity contribution in [1.82, 2.24) is 9.80 Å². The van der Waals surface area contributed by atoms with Crippen molar-refractivity contribution in [2.45, 2.75) is 32.4 Å². The fraction of sp³-hybridized carbons (Fsp3) is 0.632. The van der Waals surface area contributed by atoms with Gasteiger partial charge in [-0.25, -0.2) is 0 Å². The molecule has 0 N–H and O–H groups in total. The normalized spacial score (nSPS) is 21.2. The number of amides is 1. The molecule has 2 rings (SSSR count). The third-order valence-corrected chi connectivity index (χ3v) is 4.64. The van der Waals surface area contributed by atoms with Gasteiger partial charge >= 0.3 is 0 Å². The molecule has 1 amide bonds. The monoisotopic (exact) mass is 350 g/mol. The summed E-state index contributed by atoms with van der Waals surface area (Å²) in [5, 5.41) is 0. The summed E-state index contributed by atoms with van der Waals surface area (Å²) in [7, 11) is 3.32. The number of hydrogen-bond acceptors (Lipinski definition) is 5. The zero-order valence-electron chi connectivity index (χ0n) is 15.7. The summed E-state index contributed by atoms with van der Waals surface area (Å²) in [5.41, 5.74) is 0. The van der Waals surface area contributed by atoms with Crippen LogP contribution in [0.2, 0.25) is 0 Å². The van der Waals surface area contributed by atoms with Crippen molar-refractivity contribution < 1.29 is 19.0 Å². The number of nitrogens with zero attached hydrogens (tertiary/aromatic N) is 2. The third kappa shape index (κ3) is 5.34. The molecular formula is C19H30N2O4. The first-order valence-electron chi connectivity index (χ1n) is 8.85. The van der Waals surface area contributed by atoms with E-state index in [2.05, 4.69) is 18.7 Å². The van der Waals surface area contributed by atoms with E-state index in [1.807, 2.05) is 29.2 Å². The summed E-state index contributed by atoms with van der Waals surface area (Å²) < 4.78 is 16.1.